The molecule has 0 unspecified atom stereocenters. The third-order valence-corrected chi connectivity index (χ3v) is 2.35. The van der Waals surface area contributed by atoms with Crippen molar-refractivity contribution in [3.8, 4) is 0 Å². The largest absolute Gasteiger partial charge is 0.394 e. The van der Waals surface area contributed by atoms with Crippen LogP contribution in [0.3, 0.4) is 0 Å². The molecule has 6 heteroatoms. The van der Waals surface area contributed by atoms with Crippen molar-refractivity contribution < 1.29 is 5.11 Å². The van der Waals surface area contributed by atoms with Gasteiger partial charge in [0.15, 0.2) is 0 Å². The molecule has 0 aliphatic heterocycles. The summed E-state index contributed by atoms with van der Waals surface area (Å²) in [5.41, 5.74) is 23.0. The van der Waals surface area contributed by atoms with Crippen LogP contribution in [0.25, 0.3) is 0 Å². The molecule has 6 nitrogen and oxygen atoms in total. The van der Waals surface area contributed by atoms with Crippen molar-refractivity contribution in [1.82, 2.24) is 0 Å². The van der Waals surface area contributed by atoms with Crippen LogP contribution in [0, 0.1) is 0 Å². The van der Waals surface area contributed by atoms with Crippen LogP contribution in [0.4, 0.5) is 0 Å². The van der Waals surface area contributed by atoms with E-state index in [1.54, 1.807) is 0 Å². The zero-order valence-corrected chi connectivity index (χ0v) is 5.54. The molecular formula is C4H13N5O. The molecule has 0 radical (unpaired) electrons. The van der Waals surface area contributed by atoms with Crippen LogP contribution in [0.15, 0.2) is 0 Å². The van der Waals surface area contributed by atoms with E-state index in [0.717, 1.165) is 0 Å². The van der Waals surface area contributed by atoms with Crippen molar-refractivity contribution in [1.29, 1.82) is 0 Å². The summed E-state index contributed by atoms with van der Waals surface area (Å²) in [6.07, 6.45) is 0. The summed E-state index contributed by atoms with van der Waals surface area (Å²) in [5.74, 6) is 0. The Balaban J connectivity index is 2.90. The molecule has 11 N–H and O–H groups in total. The molecule has 0 aromatic carbocycles. The third kappa shape index (κ3) is 0.460. The fourth-order valence-corrected chi connectivity index (χ4v) is 1.02. The van der Waals surface area contributed by atoms with Crippen LogP contribution in [-0.2, 0) is 0 Å². The van der Waals surface area contributed by atoms with Gasteiger partial charge in [-0.1, -0.05) is 0 Å². The van der Waals surface area contributed by atoms with Crippen molar-refractivity contribution in [3.63, 3.8) is 0 Å². The first kappa shape index (κ1) is 7.86. The van der Waals surface area contributed by atoms with Crippen molar-refractivity contribution >= 4 is 0 Å². The Labute approximate surface area is 58.3 Å². The molecule has 60 valence electrons. The molecule has 0 heterocycles. The number of hydrogen-bond donors (Lipinski definition) is 6. The summed E-state index contributed by atoms with van der Waals surface area (Å²) in [4.78, 5) is 0. The summed E-state index contributed by atoms with van der Waals surface area (Å²) < 4.78 is 0. The number of hydrogen-bond acceptors (Lipinski definition) is 6. The Morgan fingerprint density at radius 1 is 0.900 bits per heavy atom. The highest BCUT2D eigenvalue weighted by Crippen LogP contribution is 2.43. The first-order valence-corrected chi connectivity index (χ1v) is 2.86. The van der Waals surface area contributed by atoms with Gasteiger partial charge in [-0.25, -0.2) is 0 Å². The van der Waals surface area contributed by atoms with E-state index in [1.165, 1.54) is 0 Å². The highest BCUT2D eigenvalue weighted by Gasteiger charge is 2.80. The van der Waals surface area contributed by atoms with E-state index in [0.29, 0.717) is 0 Å². The summed E-state index contributed by atoms with van der Waals surface area (Å²) >= 11 is 0. The van der Waals surface area contributed by atoms with E-state index >= 15 is 0 Å². The van der Waals surface area contributed by atoms with Gasteiger partial charge in [-0.3, -0.25) is 0 Å². The maximum Gasteiger partial charge on any atom is 0.122 e. The molecule has 0 saturated heterocycles. The van der Waals surface area contributed by atoms with Gasteiger partial charge in [0.25, 0.3) is 0 Å². The highest BCUT2D eigenvalue weighted by atomic mass is 16.3. The zero-order valence-electron chi connectivity index (χ0n) is 5.54. The van der Waals surface area contributed by atoms with E-state index in [2.05, 4.69) is 0 Å². The first-order chi connectivity index (χ1) is 4.31. The number of aliphatic hydroxyl groups excluding tert-OH is 1. The Hall–Kier alpha value is -0.240. The van der Waals surface area contributed by atoms with Gasteiger partial charge in [-0.15, -0.1) is 0 Å². The topological polar surface area (TPSA) is 150 Å². The Bertz CT molecular complexity index is 151. The lowest BCUT2D eigenvalue weighted by molar-refractivity contribution is 0.234. The second-order valence-corrected chi connectivity index (χ2v) is 2.87. The predicted octanol–water partition coefficient (Wildman–Crippen LogP) is -4.08. The molecule has 0 atom stereocenters. The van der Waals surface area contributed by atoms with Crippen LogP contribution in [-0.4, -0.2) is 28.6 Å². The molecule has 0 aromatic rings. The predicted molar refractivity (Wildman–Crippen MR) is 36.2 cm³/mol. The minimum atomic E-state index is -1.37. The molecule has 0 spiro atoms. The second kappa shape index (κ2) is 1.50. The first-order valence-electron chi connectivity index (χ1n) is 2.86. The smallest absolute Gasteiger partial charge is 0.122 e. The monoisotopic (exact) mass is 147 g/mol. The summed E-state index contributed by atoms with van der Waals surface area (Å²) in [6, 6.07) is 0. The molecule has 1 fully saturated rings. The maximum absolute atomic E-state index is 8.69. The normalized spacial score (nSPS) is 31.8. The van der Waals surface area contributed by atoms with Gasteiger partial charge < -0.3 is 33.8 Å². The van der Waals surface area contributed by atoms with Gasteiger partial charge in [-0.05, 0) is 0 Å². The van der Waals surface area contributed by atoms with E-state index in [-0.39, 0.29) is 0 Å². The molecular weight excluding hydrogens is 134 g/mol. The van der Waals surface area contributed by atoms with Crippen LogP contribution < -0.4 is 28.7 Å². The van der Waals surface area contributed by atoms with Crippen molar-refractivity contribution in [2.24, 2.45) is 28.7 Å². The lowest BCUT2D eigenvalue weighted by Gasteiger charge is -2.07. The molecule has 1 aliphatic carbocycles. The number of aliphatic hydroxyl groups is 1. The summed E-state index contributed by atoms with van der Waals surface area (Å²) in [7, 11) is 0. The van der Waals surface area contributed by atoms with Crippen molar-refractivity contribution in [2.75, 3.05) is 6.61 Å². The summed E-state index contributed by atoms with van der Waals surface area (Å²) in [5, 5.41) is 8.69. The second-order valence-electron chi connectivity index (χ2n) is 2.87. The third-order valence-electron chi connectivity index (χ3n) is 2.35. The quantitative estimate of drug-likeness (QED) is 0.207. The van der Waals surface area contributed by atoms with E-state index in [1.807, 2.05) is 0 Å². The van der Waals surface area contributed by atoms with Crippen LogP contribution >= 0.6 is 0 Å². The van der Waals surface area contributed by atoms with Gasteiger partial charge in [0, 0.05) is 0 Å². The van der Waals surface area contributed by atoms with Crippen LogP contribution in [0.2, 0.25) is 0 Å². The molecule has 0 aromatic heterocycles. The average Bonchev–Trinajstić information content (AvgIpc) is 2.11. The van der Waals surface area contributed by atoms with Gasteiger partial charge in [-0.2, -0.15) is 0 Å². The van der Waals surface area contributed by atoms with Crippen molar-refractivity contribution in [2.45, 2.75) is 16.9 Å². The number of rotatable bonds is 1. The zero-order chi connectivity index (χ0) is 8.21. The molecule has 1 saturated carbocycles. The number of nitrogens with two attached hydrogens (primary N) is 5. The average molecular weight is 147 g/mol. The van der Waals surface area contributed by atoms with Gasteiger partial charge >= 0.3 is 0 Å². The van der Waals surface area contributed by atoms with Crippen LogP contribution in [0.5, 0.6) is 0 Å². The molecule has 0 amide bonds. The Morgan fingerprint density at radius 3 is 1.20 bits per heavy atom. The van der Waals surface area contributed by atoms with Gasteiger partial charge in [0.1, 0.15) is 16.9 Å². The SMILES string of the molecule is NC1(N)C(N)(N)C1(N)CO. The fourth-order valence-electron chi connectivity index (χ4n) is 1.02. The highest BCUT2D eigenvalue weighted by molar-refractivity contribution is 5.40. The van der Waals surface area contributed by atoms with Gasteiger partial charge in [0.05, 0.1) is 6.61 Å². The minimum Gasteiger partial charge on any atom is -0.394 e. The minimum absolute atomic E-state index is 0.410. The standard InChI is InChI=1S/C4H13N5O/c5-2(1-10)3(6,7)4(2,8)9/h10H,1,5-9H2. The van der Waals surface area contributed by atoms with Gasteiger partial charge in [0.2, 0.25) is 0 Å². The van der Waals surface area contributed by atoms with E-state index in [9.17, 15) is 0 Å². The molecule has 0 bridgehead atoms. The fraction of sp³-hybridized carbons (Fsp3) is 1.00. The van der Waals surface area contributed by atoms with E-state index < -0.39 is 23.5 Å². The Morgan fingerprint density at radius 2 is 1.20 bits per heavy atom. The lowest BCUT2D eigenvalue weighted by Crippen LogP contribution is -2.53. The van der Waals surface area contributed by atoms with Crippen molar-refractivity contribution in [3.05, 3.63) is 0 Å². The van der Waals surface area contributed by atoms with Crippen LogP contribution in [0.1, 0.15) is 0 Å². The molecule has 10 heavy (non-hydrogen) atoms. The van der Waals surface area contributed by atoms with E-state index in [4.69, 9.17) is 33.8 Å². The lowest BCUT2D eigenvalue weighted by atomic mass is 10.2. The molecule has 1 aliphatic rings. The molecule has 1 rings (SSSR count). The maximum atomic E-state index is 8.69. The summed E-state index contributed by atoms with van der Waals surface area (Å²) in [6.45, 7) is -0.410. The Kier molecular flexibility index (Phi) is 1.18.